The Morgan fingerprint density at radius 2 is 2.21 bits per heavy atom. The highest BCUT2D eigenvalue weighted by molar-refractivity contribution is 9.10. The van der Waals surface area contributed by atoms with Gasteiger partial charge in [0.1, 0.15) is 6.04 Å². The third-order valence-corrected chi connectivity index (χ3v) is 3.04. The van der Waals surface area contributed by atoms with Crippen LogP contribution in [0.3, 0.4) is 0 Å². The fourth-order valence-corrected chi connectivity index (χ4v) is 1.44. The Balaban J connectivity index is 2.87. The number of hydrogen-bond donors (Lipinski definition) is 2. The number of hydrogen-bond acceptors (Lipinski definition) is 2. The Hall–Kier alpha value is -1.03. The Labute approximate surface area is 91.8 Å². The molecule has 3 N–H and O–H groups in total. The van der Waals surface area contributed by atoms with Crippen molar-refractivity contribution in [1.82, 2.24) is 0 Å². The van der Waals surface area contributed by atoms with E-state index in [9.17, 15) is 4.79 Å². The van der Waals surface area contributed by atoms with Crippen molar-refractivity contribution in [2.24, 2.45) is 5.73 Å². The summed E-state index contributed by atoms with van der Waals surface area (Å²) >= 11 is 3.44. The van der Waals surface area contributed by atoms with E-state index in [2.05, 4.69) is 21.2 Å². The highest BCUT2D eigenvalue weighted by atomic mass is 79.9. The van der Waals surface area contributed by atoms with Gasteiger partial charge in [-0.2, -0.15) is 0 Å². The lowest BCUT2D eigenvalue weighted by Gasteiger charge is -2.14. The summed E-state index contributed by atoms with van der Waals surface area (Å²) in [6.45, 7) is 3.72. The molecule has 1 atom stereocenters. The van der Waals surface area contributed by atoms with Crippen molar-refractivity contribution in [2.75, 3.05) is 5.32 Å². The van der Waals surface area contributed by atoms with E-state index in [0.29, 0.717) is 0 Å². The molecule has 0 radical (unpaired) electrons. The van der Waals surface area contributed by atoms with Crippen LogP contribution in [0.1, 0.15) is 12.5 Å². The van der Waals surface area contributed by atoms with E-state index in [1.807, 2.05) is 25.1 Å². The Morgan fingerprint density at radius 1 is 1.57 bits per heavy atom. The molecule has 1 rings (SSSR count). The highest BCUT2D eigenvalue weighted by Gasteiger charge is 2.10. The minimum absolute atomic E-state index is 0.363. The van der Waals surface area contributed by atoms with Gasteiger partial charge < -0.3 is 11.1 Å². The predicted octanol–water partition coefficient (Wildman–Crippen LogP) is 2.04. The molecule has 0 saturated carbocycles. The van der Waals surface area contributed by atoms with Gasteiger partial charge in [-0.05, 0) is 41.4 Å². The summed E-state index contributed by atoms with van der Waals surface area (Å²) < 4.78 is 0.966. The second-order valence-electron chi connectivity index (χ2n) is 3.20. The van der Waals surface area contributed by atoms with Crippen molar-refractivity contribution in [1.29, 1.82) is 0 Å². The molecule has 76 valence electrons. The maximum Gasteiger partial charge on any atom is 0.239 e. The maximum absolute atomic E-state index is 10.8. The molecule has 0 fully saturated rings. The van der Waals surface area contributed by atoms with Crippen molar-refractivity contribution >= 4 is 27.5 Å². The standard InChI is InChI=1S/C10H13BrN2O/c1-6-4-3-5-8(9(6)11)13-7(2)10(12)14/h3-5,7,13H,1-2H3,(H2,12,14). The predicted molar refractivity (Wildman–Crippen MR) is 61.2 cm³/mol. The number of halogens is 1. The van der Waals surface area contributed by atoms with Crippen LogP contribution in [0.25, 0.3) is 0 Å². The van der Waals surface area contributed by atoms with Crippen LogP contribution >= 0.6 is 15.9 Å². The summed E-state index contributed by atoms with van der Waals surface area (Å²) in [5.74, 6) is -0.363. The number of nitrogens with one attached hydrogen (secondary N) is 1. The molecule has 1 aromatic rings. The van der Waals surface area contributed by atoms with Gasteiger partial charge in [-0.25, -0.2) is 0 Å². The normalized spacial score (nSPS) is 12.2. The summed E-state index contributed by atoms with van der Waals surface area (Å²) in [6, 6.07) is 5.45. The minimum atomic E-state index is -0.368. The van der Waals surface area contributed by atoms with Crippen LogP contribution in [0.2, 0.25) is 0 Å². The average molecular weight is 257 g/mol. The first-order chi connectivity index (χ1) is 6.52. The number of nitrogens with two attached hydrogens (primary N) is 1. The lowest BCUT2D eigenvalue weighted by atomic mass is 10.2. The molecule has 3 nitrogen and oxygen atoms in total. The van der Waals surface area contributed by atoms with E-state index >= 15 is 0 Å². The summed E-state index contributed by atoms with van der Waals surface area (Å²) in [5, 5.41) is 3.03. The average Bonchev–Trinajstić information content (AvgIpc) is 2.12. The quantitative estimate of drug-likeness (QED) is 0.870. The van der Waals surface area contributed by atoms with Crippen molar-refractivity contribution in [3.8, 4) is 0 Å². The molecule has 1 unspecified atom stereocenters. The number of anilines is 1. The number of amides is 1. The van der Waals surface area contributed by atoms with E-state index < -0.39 is 0 Å². The lowest BCUT2D eigenvalue weighted by molar-refractivity contribution is -0.118. The molecule has 0 aliphatic heterocycles. The molecule has 0 aromatic heterocycles. The number of carbonyl (C=O) groups excluding carboxylic acids is 1. The van der Waals surface area contributed by atoms with Crippen molar-refractivity contribution < 1.29 is 4.79 Å². The first-order valence-corrected chi connectivity index (χ1v) is 5.12. The Morgan fingerprint density at radius 3 is 2.79 bits per heavy atom. The van der Waals surface area contributed by atoms with Crippen molar-refractivity contribution in [2.45, 2.75) is 19.9 Å². The monoisotopic (exact) mass is 256 g/mol. The molecular weight excluding hydrogens is 244 g/mol. The van der Waals surface area contributed by atoms with Crippen LogP contribution in [0, 0.1) is 6.92 Å². The second kappa shape index (κ2) is 4.46. The third-order valence-electron chi connectivity index (χ3n) is 1.99. The van der Waals surface area contributed by atoms with Crippen molar-refractivity contribution in [3.63, 3.8) is 0 Å². The maximum atomic E-state index is 10.8. The van der Waals surface area contributed by atoms with E-state index in [1.54, 1.807) is 6.92 Å². The third kappa shape index (κ3) is 2.48. The Kier molecular flexibility index (Phi) is 3.52. The van der Waals surface area contributed by atoms with Gasteiger partial charge in [-0.3, -0.25) is 4.79 Å². The first-order valence-electron chi connectivity index (χ1n) is 4.33. The molecule has 0 bridgehead atoms. The van der Waals surface area contributed by atoms with Gasteiger partial charge >= 0.3 is 0 Å². The number of benzene rings is 1. The largest absolute Gasteiger partial charge is 0.373 e. The van der Waals surface area contributed by atoms with E-state index in [-0.39, 0.29) is 11.9 Å². The zero-order chi connectivity index (χ0) is 10.7. The molecule has 14 heavy (non-hydrogen) atoms. The summed E-state index contributed by atoms with van der Waals surface area (Å²) in [6.07, 6.45) is 0. The second-order valence-corrected chi connectivity index (χ2v) is 4.00. The van der Waals surface area contributed by atoms with Gasteiger partial charge in [0, 0.05) is 10.2 Å². The molecule has 4 heteroatoms. The molecule has 0 saturated heterocycles. The lowest BCUT2D eigenvalue weighted by Crippen LogP contribution is -2.32. The SMILES string of the molecule is Cc1cccc(NC(C)C(N)=O)c1Br. The number of aryl methyl sites for hydroxylation is 1. The van der Waals surface area contributed by atoms with Crippen molar-refractivity contribution in [3.05, 3.63) is 28.2 Å². The van der Waals surface area contributed by atoms with Gasteiger partial charge in [0.15, 0.2) is 0 Å². The fraction of sp³-hybridized carbons (Fsp3) is 0.300. The molecule has 0 aliphatic carbocycles. The van der Waals surface area contributed by atoms with E-state index in [1.165, 1.54) is 0 Å². The highest BCUT2D eigenvalue weighted by Crippen LogP contribution is 2.26. The van der Waals surface area contributed by atoms with Crippen LogP contribution in [0.5, 0.6) is 0 Å². The zero-order valence-corrected chi connectivity index (χ0v) is 9.76. The summed E-state index contributed by atoms with van der Waals surface area (Å²) in [4.78, 5) is 10.8. The molecule has 0 aliphatic rings. The van der Waals surface area contributed by atoms with Crippen LogP contribution in [0.4, 0.5) is 5.69 Å². The van der Waals surface area contributed by atoms with Gasteiger partial charge in [-0.15, -0.1) is 0 Å². The number of primary amides is 1. The van der Waals surface area contributed by atoms with Gasteiger partial charge in [0.2, 0.25) is 5.91 Å². The Bertz CT molecular complexity index is 352. The number of rotatable bonds is 3. The van der Waals surface area contributed by atoms with Gasteiger partial charge in [0.25, 0.3) is 0 Å². The van der Waals surface area contributed by atoms with E-state index in [4.69, 9.17) is 5.73 Å². The minimum Gasteiger partial charge on any atom is -0.373 e. The first kappa shape index (κ1) is 11.0. The van der Waals surface area contributed by atoms with Crippen LogP contribution in [-0.2, 0) is 4.79 Å². The molecule has 0 heterocycles. The summed E-state index contributed by atoms with van der Waals surface area (Å²) in [5.41, 5.74) is 7.16. The molecular formula is C10H13BrN2O. The zero-order valence-electron chi connectivity index (χ0n) is 8.17. The van der Waals surface area contributed by atoms with Gasteiger partial charge in [0.05, 0.1) is 0 Å². The molecule has 1 aromatic carbocycles. The molecule has 0 spiro atoms. The van der Waals surface area contributed by atoms with Crippen LogP contribution in [0.15, 0.2) is 22.7 Å². The topological polar surface area (TPSA) is 55.1 Å². The number of carbonyl (C=O) groups is 1. The van der Waals surface area contributed by atoms with E-state index in [0.717, 1.165) is 15.7 Å². The fourth-order valence-electron chi connectivity index (χ4n) is 1.06. The van der Waals surface area contributed by atoms with Gasteiger partial charge in [-0.1, -0.05) is 12.1 Å². The smallest absolute Gasteiger partial charge is 0.239 e. The summed E-state index contributed by atoms with van der Waals surface area (Å²) in [7, 11) is 0. The van der Waals surface area contributed by atoms with Crippen LogP contribution < -0.4 is 11.1 Å². The van der Waals surface area contributed by atoms with Crippen LogP contribution in [-0.4, -0.2) is 11.9 Å². The molecule has 1 amide bonds.